The zero-order valence-electron chi connectivity index (χ0n) is 14.4. The van der Waals surface area contributed by atoms with Crippen molar-refractivity contribution in [2.75, 3.05) is 16.8 Å². The Hall–Kier alpha value is -3.19. The minimum Gasteiger partial charge on any atom is -0.396 e. The number of nitrogen functional groups attached to an aromatic ring is 2. The molecule has 0 atom stereocenters. The largest absolute Gasteiger partial charge is 0.396 e. The SMILES string of the molecule is N=C(c1cnc(Cl)c(N)c1)c1c(N)ncnc1NC1Cc2ccccc2C1. The van der Waals surface area contributed by atoms with Crippen LogP contribution in [0, 0.1) is 5.41 Å². The molecule has 0 amide bonds. The van der Waals surface area contributed by atoms with Crippen LogP contribution in [0.5, 0.6) is 0 Å². The topological polar surface area (TPSA) is 127 Å². The molecule has 4 rings (SSSR count). The van der Waals surface area contributed by atoms with E-state index in [2.05, 4.69) is 32.4 Å². The smallest absolute Gasteiger partial charge is 0.151 e. The summed E-state index contributed by atoms with van der Waals surface area (Å²) in [5.41, 5.74) is 15.9. The van der Waals surface area contributed by atoms with Crippen LogP contribution in [0.3, 0.4) is 0 Å². The molecule has 0 fully saturated rings. The van der Waals surface area contributed by atoms with E-state index in [0.29, 0.717) is 22.6 Å². The molecule has 0 saturated heterocycles. The molecule has 0 saturated carbocycles. The normalized spacial score (nSPS) is 13.4. The van der Waals surface area contributed by atoms with E-state index < -0.39 is 0 Å². The summed E-state index contributed by atoms with van der Waals surface area (Å²) in [5, 5.41) is 12.2. The quantitative estimate of drug-likeness (QED) is 0.407. The van der Waals surface area contributed by atoms with Gasteiger partial charge in [0.05, 0.1) is 17.0 Å². The van der Waals surface area contributed by atoms with Crippen molar-refractivity contribution < 1.29 is 0 Å². The van der Waals surface area contributed by atoms with Crippen molar-refractivity contribution in [3.63, 3.8) is 0 Å². The Bertz CT molecular complexity index is 1010. The van der Waals surface area contributed by atoms with Gasteiger partial charge in [0.2, 0.25) is 0 Å². The van der Waals surface area contributed by atoms with Gasteiger partial charge in [-0.05, 0) is 30.0 Å². The average Bonchev–Trinajstić information content (AvgIpc) is 3.06. The lowest BCUT2D eigenvalue weighted by Crippen LogP contribution is -2.23. The van der Waals surface area contributed by atoms with E-state index in [9.17, 15) is 0 Å². The molecule has 8 heteroatoms. The summed E-state index contributed by atoms with van der Waals surface area (Å²) in [5.74, 6) is 0.750. The summed E-state index contributed by atoms with van der Waals surface area (Å²) in [6.45, 7) is 0. The van der Waals surface area contributed by atoms with Crippen LogP contribution in [-0.4, -0.2) is 26.7 Å². The molecule has 0 unspecified atom stereocenters. The molecule has 0 radical (unpaired) electrons. The van der Waals surface area contributed by atoms with Crippen molar-refractivity contribution in [2.24, 2.45) is 0 Å². The summed E-state index contributed by atoms with van der Waals surface area (Å²) in [6.07, 6.45) is 4.66. The van der Waals surface area contributed by atoms with E-state index >= 15 is 0 Å². The third kappa shape index (κ3) is 3.29. The molecule has 6 N–H and O–H groups in total. The first-order valence-corrected chi connectivity index (χ1v) is 8.85. The molecule has 7 nitrogen and oxygen atoms in total. The van der Waals surface area contributed by atoms with Crippen LogP contribution in [0.4, 0.5) is 17.3 Å². The lowest BCUT2D eigenvalue weighted by Gasteiger charge is -2.17. The summed E-state index contributed by atoms with van der Waals surface area (Å²) in [6, 6.07) is 10.1. The van der Waals surface area contributed by atoms with E-state index in [1.165, 1.54) is 23.7 Å². The predicted octanol–water partition coefficient (Wildman–Crippen LogP) is 2.68. The number of benzene rings is 1. The zero-order valence-corrected chi connectivity index (χ0v) is 15.2. The standard InChI is InChI=1S/C19H18ClN7/c20-17-14(21)7-12(8-24-17)16(22)15-18(23)25-9-26-19(15)27-13-5-10-3-1-2-4-11(10)6-13/h1-4,7-9,13,22H,5-6,21H2,(H3,23,25,26,27). The van der Waals surface area contributed by atoms with Crippen molar-refractivity contribution in [2.45, 2.75) is 18.9 Å². The molecule has 2 aromatic heterocycles. The van der Waals surface area contributed by atoms with E-state index in [1.807, 2.05) is 12.1 Å². The van der Waals surface area contributed by atoms with E-state index in [0.717, 1.165) is 12.8 Å². The fourth-order valence-electron chi connectivity index (χ4n) is 3.36. The van der Waals surface area contributed by atoms with Crippen LogP contribution in [0.15, 0.2) is 42.9 Å². The van der Waals surface area contributed by atoms with E-state index in [-0.39, 0.29) is 22.7 Å². The van der Waals surface area contributed by atoms with Gasteiger partial charge in [-0.2, -0.15) is 0 Å². The third-order valence-electron chi connectivity index (χ3n) is 4.67. The van der Waals surface area contributed by atoms with E-state index in [4.69, 9.17) is 28.5 Å². The van der Waals surface area contributed by atoms with Gasteiger partial charge in [0.25, 0.3) is 0 Å². The Kier molecular flexibility index (Phi) is 4.37. The van der Waals surface area contributed by atoms with Crippen molar-refractivity contribution in [1.29, 1.82) is 5.41 Å². The maximum Gasteiger partial charge on any atom is 0.151 e. The highest BCUT2D eigenvalue weighted by Crippen LogP contribution is 2.28. The van der Waals surface area contributed by atoms with Gasteiger partial charge in [-0.15, -0.1) is 0 Å². The minimum atomic E-state index is 0.141. The van der Waals surface area contributed by atoms with Crippen LogP contribution < -0.4 is 16.8 Å². The first kappa shape index (κ1) is 17.2. The summed E-state index contributed by atoms with van der Waals surface area (Å²) < 4.78 is 0. The predicted molar refractivity (Wildman–Crippen MR) is 107 cm³/mol. The van der Waals surface area contributed by atoms with Crippen LogP contribution in [-0.2, 0) is 12.8 Å². The van der Waals surface area contributed by atoms with Crippen molar-refractivity contribution in [3.8, 4) is 0 Å². The van der Waals surface area contributed by atoms with E-state index in [1.54, 1.807) is 6.07 Å². The zero-order chi connectivity index (χ0) is 19.0. The van der Waals surface area contributed by atoms with Crippen molar-refractivity contribution in [3.05, 3.63) is 70.3 Å². The lowest BCUT2D eigenvalue weighted by molar-refractivity contribution is 0.767. The Morgan fingerprint density at radius 2 is 1.81 bits per heavy atom. The van der Waals surface area contributed by atoms with Crippen LogP contribution >= 0.6 is 11.6 Å². The maximum atomic E-state index is 8.58. The molecule has 0 bridgehead atoms. The molecule has 0 aliphatic heterocycles. The third-order valence-corrected chi connectivity index (χ3v) is 4.99. The summed E-state index contributed by atoms with van der Waals surface area (Å²) >= 11 is 5.88. The minimum absolute atomic E-state index is 0.141. The van der Waals surface area contributed by atoms with Gasteiger partial charge in [-0.25, -0.2) is 15.0 Å². The highest BCUT2D eigenvalue weighted by Gasteiger charge is 2.24. The van der Waals surface area contributed by atoms with Gasteiger partial charge in [-0.1, -0.05) is 35.9 Å². The molecule has 3 aromatic rings. The first-order chi connectivity index (χ1) is 13.0. The van der Waals surface area contributed by atoms with Gasteiger partial charge in [0.15, 0.2) is 5.15 Å². The Labute approximate surface area is 161 Å². The summed E-state index contributed by atoms with van der Waals surface area (Å²) in [7, 11) is 0. The number of hydrogen-bond acceptors (Lipinski definition) is 7. The number of nitrogens with two attached hydrogens (primary N) is 2. The highest BCUT2D eigenvalue weighted by atomic mass is 35.5. The van der Waals surface area contributed by atoms with Gasteiger partial charge in [0.1, 0.15) is 18.0 Å². The Balaban J connectivity index is 1.64. The maximum absolute atomic E-state index is 8.58. The number of aromatic nitrogens is 3. The number of anilines is 3. The molecule has 27 heavy (non-hydrogen) atoms. The van der Waals surface area contributed by atoms with Crippen LogP contribution in [0.1, 0.15) is 22.3 Å². The average molecular weight is 380 g/mol. The molecule has 136 valence electrons. The van der Waals surface area contributed by atoms with Crippen LogP contribution in [0.2, 0.25) is 5.15 Å². The number of halogens is 1. The highest BCUT2D eigenvalue weighted by molar-refractivity contribution is 6.32. The number of nitrogens with one attached hydrogen (secondary N) is 2. The van der Waals surface area contributed by atoms with Crippen LogP contribution in [0.25, 0.3) is 0 Å². The number of rotatable bonds is 4. The lowest BCUT2D eigenvalue weighted by atomic mass is 10.0. The fraction of sp³-hybridized carbons (Fsp3) is 0.158. The van der Waals surface area contributed by atoms with Gasteiger partial charge in [-0.3, -0.25) is 5.41 Å². The molecule has 2 heterocycles. The number of pyridine rings is 1. The van der Waals surface area contributed by atoms with Gasteiger partial charge in [0, 0.05) is 17.8 Å². The summed E-state index contributed by atoms with van der Waals surface area (Å²) in [4.78, 5) is 12.4. The van der Waals surface area contributed by atoms with Gasteiger partial charge < -0.3 is 16.8 Å². The second-order valence-electron chi connectivity index (χ2n) is 6.48. The van der Waals surface area contributed by atoms with Crippen molar-refractivity contribution in [1.82, 2.24) is 15.0 Å². The fourth-order valence-corrected chi connectivity index (χ4v) is 3.46. The number of nitrogens with zero attached hydrogens (tertiary/aromatic N) is 3. The van der Waals surface area contributed by atoms with Crippen molar-refractivity contribution >= 4 is 34.6 Å². The number of fused-ring (bicyclic) bond motifs is 1. The molecular weight excluding hydrogens is 362 g/mol. The monoisotopic (exact) mass is 379 g/mol. The Morgan fingerprint density at radius 3 is 2.48 bits per heavy atom. The molecule has 1 aromatic carbocycles. The molecule has 1 aliphatic rings. The Morgan fingerprint density at radius 1 is 1.11 bits per heavy atom. The molecule has 0 spiro atoms. The molecular formula is C19H18ClN7. The van der Waals surface area contributed by atoms with Gasteiger partial charge >= 0.3 is 0 Å². The molecule has 1 aliphatic carbocycles. The second-order valence-corrected chi connectivity index (χ2v) is 6.84. The first-order valence-electron chi connectivity index (χ1n) is 8.47. The number of hydrogen-bond donors (Lipinski definition) is 4. The second kappa shape index (κ2) is 6.85.